The number of carbonyl (C=O) groups excluding carboxylic acids is 3. The van der Waals surface area contributed by atoms with E-state index in [9.17, 15) is 14.4 Å². The molecule has 1 atom stereocenters. The molecule has 0 fully saturated rings. The van der Waals surface area contributed by atoms with Crippen LogP contribution in [0.25, 0.3) is 0 Å². The minimum Gasteiger partial charge on any atom is -0.427 e. The molecule has 3 aromatic rings. The lowest BCUT2D eigenvalue weighted by atomic mass is 9.77. The summed E-state index contributed by atoms with van der Waals surface area (Å²) in [6.07, 6.45) is 0. The van der Waals surface area contributed by atoms with Gasteiger partial charge in [-0.05, 0) is 41.0 Å². The Balaban J connectivity index is 2.06. The van der Waals surface area contributed by atoms with Gasteiger partial charge in [-0.2, -0.15) is 0 Å². The van der Waals surface area contributed by atoms with Gasteiger partial charge >= 0.3 is 11.9 Å². The van der Waals surface area contributed by atoms with Crippen LogP contribution in [-0.2, 0) is 14.4 Å². The highest BCUT2D eigenvalue weighted by Crippen LogP contribution is 2.39. The number of carbonyl (C=O) groups is 3. The average Bonchev–Trinajstić information content (AvgIpc) is 2.78. The fraction of sp³-hybridized carbons (Fsp3) is 0.222. The van der Waals surface area contributed by atoms with E-state index in [0.717, 1.165) is 16.7 Å². The van der Waals surface area contributed by atoms with Crippen LogP contribution >= 0.6 is 0 Å². The number of esters is 2. The first-order valence-corrected chi connectivity index (χ1v) is 10.7. The van der Waals surface area contributed by atoms with Gasteiger partial charge in [0, 0.05) is 39.2 Å². The van der Waals surface area contributed by atoms with Gasteiger partial charge in [-0.3, -0.25) is 14.4 Å². The molecule has 0 saturated heterocycles. The lowest BCUT2D eigenvalue weighted by Gasteiger charge is -2.29. The molecular formula is C27H27NO5. The predicted molar refractivity (Wildman–Crippen MR) is 125 cm³/mol. The number of ether oxygens (including phenoxy) is 2. The summed E-state index contributed by atoms with van der Waals surface area (Å²) in [6, 6.07) is 24.7. The van der Waals surface area contributed by atoms with Crippen LogP contribution in [0.15, 0.2) is 78.9 Å². The van der Waals surface area contributed by atoms with Crippen LogP contribution in [0, 0.1) is 0 Å². The molecule has 0 aromatic heterocycles. The molecule has 6 heteroatoms. The first-order valence-electron chi connectivity index (χ1n) is 10.7. The van der Waals surface area contributed by atoms with Crippen molar-refractivity contribution in [1.29, 1.82) is 0 Å². The zero-order valence-corrected chi connectivity index (χ0v) is 18.9. The molecule has 6 nitrogen and oxygen atoms in total. The molecule has 0 spiro atoms. The monoisotopic (exact) mass is 445 g/mol. The Bertz CT molecular complexity index is 1030. The second-order valence-corrected chi connectivity index (χ2v) is 7.76. The van der Waals surface area contributed by atoms with Crippen molar-refractivity contribution in [3.63, 3.8) is 0 Å². The quantitative estimate of drug-likeness (QED) is 0.405. The maximum absolute atomic E-state index is 11.8. The topological polar surface area (TPSA) is 81.7 Å². The van der Waals surface area contributed by atoms with Crippen LogP contribution in [0.4, 0.5) is 0 Å². The Hall–Kier alpha value is -3.93. The fourth-order valence-electron chi connectivity index (χ4n) is 3.86. The second-order valence-electron chi connectivity index (χ2n) is 7.76. The standard InChI is InChI=1S/C27H27NO5/c1-18(29)28-17-26(21-7-5-4-6-8-21)27(22-9-13-24(14-10-22)32-19(2)30)23-11-15-25(16-12-23)33-20(3)31/h4-16,26-27H,17H2,1-3H3,(H,28,29). The summed E-state index contributed by atoms with van der Waals surface area (Å²) in [7, 11) is 0. The van der Waals surface area contributed by atoms with Crippen molar-refractivity contribution in [2.75, 3.05) is 6.54 Å². The third-order valence-corrected chi connectivity index (χ3v) is 5.20. The summed E-state index contributed by atoms with van der Waals surface area (Å²) in [5, 5.41) is 2.96. The molecule has 0 aliphatic heterocycles. The minimum absolute atomic E-state index is 0.0748. The number of amides is 1. The zero-order valence-electron chi connectivity index (χ0n) is 18.9. The first kappa shape index (κ1) is 23.7. The Labute approximate surface area is 193 Å². The van der Waals surface area contributed by atoms with Gasteiger partial charge in [0.15, 0.2) is 0 Å². The van der Waals surface area contributed by atoms with E-state index in [1.165, 1.54) is 20.8 Å². The highest BCUT2D eigenvalue weighted by molar-refractivity contribution is 5.73. The van der Waals surface area contributed by atoms with E-state index in [2.05, 4.69) is 5.32 Å². The van der Waals surface area contributed by atoms with Crippen molar-refractivity contribution < 1.29 is 23.9 Å². The van der Waals surface area contributed by atoms with Gasteiger partial charge in [0.25, 0.3) is 0 Å². The molecule has 1 amide bonds. The number of benzene rings is 3. The second kappa shape index (κ2) is 11.1. The van der Waals surface area contributed by atoms with E-state index in [1.54, 1.807) is 24.3 Å². The van der Waals surface area contributed by atoms with E-state index in [0.29, 0.717) is 18.0 Å². The lowest BCUT2D eigenvalue weighted by molar-refractivity contribution is -0.132. The third kappa shape index (κ3) is 6.77. The molecule has 1 unspecified atom stereocenters. The summed E-state index contributed by atoms with van der Waals surface area (Å²) in [5.41, 5.74) is 3.06. The molecule has 3 aromatic carbocycles. The van der Waals surface area contributed by atoms with Crippen LogP contribution < -0.4 is 14.8 Å². The predicted octanol–water partition coefficient (Wildman–Crippen LogP) is 4.59. The van der Waals surface area contributed by atoms with Crippen molar-refractivity contribution in [2.24, 2.45) is 0 Å². The molecule has 170 valence electrons. The SMILES string of the molecule is CC(=O)NCC(c1ccccc1)C(c1ccc(OC(C)=O)cc1)c1ccc(OC(C)=O)cc1. The largest absolute Gasteiger partial charge is 0.427 e. The summed E-state index contributed by atoms with van der Waals surface area (Å²) in [5.74, 6) is -0.139. The maximum Gasteiger partial charge on any atom is 0.308 e. The zero-order chi connectivity index (χ0) is 23.8. The van der Waals surface area contributed by atoms with Crippen LogP contribution in [0.5, 0.6) is 11.5 Å². The maximum atomic E-state index is 11.8. The molecule has 0 radical (unpaired) electrons. The van der Waals surface area contributed by atoms with Crippen LogP contribution in [0.1, 0.15) is 49.3 Å². The van der Waals surface area contributed by atoms with E-state index in [1.807, 2.05) is 54.6 Å². The minimum atomic E-state index is -0.381. The van der Waals surface area contributed by atoms with E-state index < -0.39 is 0 Å². The average molecular weight is 446 g/mol. The Morgan fingerprint density at radius 1 is 0.667 bits per heavy atom. The summed E-state index contributed by atoms with van der Waals surface area (Å²) >= 11 is 0. The number of hydrogen-bond acceptors (Lipinski definition) is 5. The first-order chi connectivity index (χ1) is 15.8. The number of rotatable bonds is 8. The molecule has 0 aliphatic carbocycles. The van der Waals surface area contributed by atoms with Crippen molar-refractivity contribution in [1.82, 2.24) is 5.32 Å². The smallest absolute Gasteiger partial charge is 0.308 e. The van der Waals surface area contributed by atoms with Crippen LogP contribution in [0.3, 0.4) is 0 Å². The lowest BCUT2D eigenvalue weighted by Crippen LogP contribution is -2.29. The van der Waals surface area contributed by atoms with Crippen LogP contribution in [-0.4, -0.2) is 24.4 Å². The van der Waals surface area contributed by atoms with Gasteiger partial charge in [-0.25, -0.2) is 0 Å². The van der Waals surface area contributed by atoms with Gasteiger partial charge in [0.2, 0.25) is 5.91 Å². The Kier molecular flexibility index (Phi) is 7.97. The van der Waals surface area contributed by atoms with Crippen molar-refractivity contribution in [2.45, 2.75) is 32.6 Å². The molecule has 0 saturated carbocycles. The summed E-state index contributed by atoms with van der Waals surface area (Å²) in [6.45, 7) is 4.65. The molecule has 33 heavy (non-hydrogen) atoms. The van der Waals surface area contributed by atoms with Crippen molar-refractivity contribution in [3.05, 3.63) is 95.6 Å². The van der Waals surface area contributed by atoms with E-state index >= 15 is 0 Å². The van der Waals surface area contributed by atoms with Crippen LogP contribution in [0.2, 0.25) is 0 Å². The van der Waals surface area contributed by atoms with Gasteiger partial charge in [0.05, 0.1) is 0 Å². The number of nitrogens with one attached hydrogen (secondary N) is 1. The molecule has 0 heterocycles. The van der Waals surface area contributed by atoms with Gasteiger partial charge in [-0.15, -0.1) is 0 Å². The molecule has 0 aliphatic rings. The molecular weight excluding hydrogens is 418 g/mol. The normalized spacial score (nSPS) is 11.5. The van der Waals surface area contributed by atoms with Gasteiger partial charge < -0.3 is 14.8 Å². The molecule has 0 bridgehead atoms. The molecule has 1 N–H and O–H groups in total. The highest BCUT2D eigenvalue weighted by atomic mass is 16.5. The Morgan fingerprint density at radius 2 is 1.12 bits per heavy atom. The fourth-order valence-corrected chi connectivity index (χ4v) is 3.86. The third-order valence-electron chi connectivity index (χ3n) is 5.20. The Morgan fingerprint density at radius 3 is 1.52 bits per heavy atom. The van der Waals surface area contributed by atoms with Gasteiger partial charge in [0.1, 0.15) is 11.5 Å². The summed E-state index contributed by atoms with van der Waals surface area (Å²) < 4.78 is 10.4. The van der Waals surface area contributed by atoms with E-state index in [4.69, 9.17) is 9.47 Å². The summed E-state index contributed by atoms with van der Waals surface area (Å²) in [4.78, 5) is 34.4. The molecule has 3 rings (SSSR count). The highest BCUT2D eigenvalue weighted by Gasteiger charge is 2.27. The van der Waals surface area contributed by atoms with Crippen molar-refractivity contribution >= 4 is 17.8 Å². The van der Waals surface area contributed by atoms with E-state index in [-0.39, 0.29) is 29.7 Å². The number of hydrogen-bond donors (Lipinski definition) is 1. The van der Waals surface area contributed by atoms with Crippen molar-refractivity contribution in [3.8, 4) is 11.5 Å². The van der Waals surface area contributed by atoms with Gasteiger partial charge in [-0.1, -0.05) is 54.6 Å².